The van der Waals surface area contributed by atoms with E-state index in [1.165, 1.54) is 0 Å². The van der Waals surface area contributed by atoms with Crippen molar-refractivity contribution in [3.05, 3.63) is 29.8 Å². The molecule has 2 atom stereocenters. The Balaban J connectivity index is 2.57. The molecule has 0 aliphatic carbocycles. The number of unbranched alkanes of at least 4 members (excludes halogenated alkanes) is 1. The molecule has 0 fully saturated rings. The predicted molar refractivity (Wildman–Crippen MR) is 80.7 cm³/mol. The molecule has 1 aromatic carbocycles. The number of nitrogens with two attached hydrogens (primary N) is 1. The van der Waals surface area contributed by atoms with Crippen molar-refractivity contribution in [2.24, 2.45) is 5.92 Å². The Bertz CT molecular complexity index is 386. The van der Waals surface area contributed by atoms with E-state index in [2.05, 4.69) is 19.2 Å². The molecule has 1 aromatic rings. The highest BCUT2D eigenvalue weighted by Crippen LogP contribution is 2.17. The fraction of sp³-hybridized carbons (Fsp3) is 0.562. The summed E-state index contributed by atoms with van der Waals surface area (Å²) in [6.07, 6.45) is 4.13. The standard InChI is InChI=1S/C16H26N2O/c1-4-6-7-13(5-2)16(19)18-12(3)14-8-10-15(17)11-9-14/h8-13H,4-7,17H2,1-3H3,(H,18,19). The summed E-state index contributed by atoms with van der Waals surface area (Å²) in [5, 5.41) is 3.10. The number of anilines is 1. The van der Waals surface area contributed by atoms with E-state index in [9.17, 15) is 4.79 Å². The lowest BCUT2D eigenvalue weighted by Gasteiger charge is -2.19. The summed E-state index contributed by atoms with van der Waals surface area (Å²) in [5.41, 5.74) is 7.50. The summed E-state index contributed by atoms with van der Waals surface area (Å²) in [7, 11) is 0. The van der Waals surface area contributed by atoms with Crippen LogP contribution >= 0.6 is 0 Å². The lowest BCUT2D eigenvalue weighted by molar-refractivity contribution is -0.126. The van der Waals surface area contributed by atoms with Crippen LogP contribution in [0.4, 0.5) is 5.69 Å². The molecule has 3 heteroatoms. The number of nitrogen functional groups attached to an aromatic ring is 1. The van der Waals surface area contributed by atoms with Gasteiger partial charge in [-0.1, -0.05) is 38.8 Å². The highest BCUT2D eigenvalue weighted by atomic mass is 16.1. The summed E-state index contributed by atoms with van der Waals surface area (Å²) < 4.78 is 0. The second kappa shape index (κ2) is 7.82. The summed E-state index contributed by atoms with van der Waals surface area (Å²) in [6.45, 7) is 6.24. The van der Waals surface area contributed by atoms with Gasteiger partial charge in [0, 0.05) is 11.6 Å². The van der Waals surface area contributed by atoms with Gasteiger partial charge in [-0.2, -0.15) is 0 Å². The Morgan fingerprint density at radius 3 is 2.42 bits per heavy atom. The van der Waals surface area contributed by atoms with Crippen molar-refractivity contribution in [2.45, 2.75) is 52.5 Å². The molecule has 2 unspecified atom stereocenters. The molecule has 0 aliphatic rings. The van der Waals surface area contributed by atoms with Crippen LogP contribution in [0.1, 0.15) is 58.1 Å². The quantitative estimate of drug-likeness (QED) is 0.737. The van der Waals surface area contributed by atoms with Crippen LogP contribution in [-0.2, 0) is 4.79 Å². The summed E-state index contributed by atoms with van der Waals surface area (Å²) in [6, 6.07) is 7.70. The van der Waals surface area contributed by atoms with Gasteiger partial charge in [0.05, 0.1) is 6.04 Å². The number of carbonyl (C=O) groups is 1. The highest BCUT2D eigenvalue weighted by Gasteiger charge is 2.18. The van der Waals surface area contributed by atoms with Crippen molar-refractivity contribution in [1.29, 1.82) is 0 Å². The van der Waals surface area contributed by atoms with Crippen LogP contribution < -0.4 is 11.1 Å². The SMILES string of the molecule is CCCCC(CC)C(=O)NC(C)c1ccc(N)cc1. The van der Waals surface area contributed by atoms with Gasteiger partial charge in [0.25, 0.3) is 0 Å². The zero-order valence-electron chi connectivity index (χ0n) is 12.3. The fourth-order valence-corrected chi connectivity index (χ4v) is 2.17. The maximum absolute atomic E-state index is 12.2. The van der Waals surface area contributed by atoms with E-state index >= 15 is 0 Å². The van der Waals surface area contributed by atoms with E-state index in [1.54, 1.807) is 0 Å². The Kier molecular flexibility index (Phi) is 6.40. The third-order valence-corrected chi connectivity index (χ3v) is 3.56. The molecule has 3 nitrogen and oxygen atoms in total. The molecule has 1 rings (SSSR count). The van der Waals surface area contributed by atoms with Gasteiger partial charge in [-0.05, 0) is 37.5 Å². The molecule has 0 saturated carbocycles. The van der Waals surface area contributed by atoms with Crippen LogP contribution in [0.25, 0.3) is 0 Å². The smallest absolute Gasteiger partial charge is 0.223 e. The van der Waals surface area contributed by atoms with E-state index in [4.69, 9.17) is 5.73 Å². The van der Waals surface area contributed by atoms with Crippen molar-refractivity contribution < 1.29 is 4.79 Å². The van der Waals surface area contributed by atoms with Crippen LogP contribution in [0.3, 0.4) is 0 Å². The average Bonchev–Trinajstić information content (AvgIpc) is 2.40. The van der Waals surface area contributed by atoms with Gasteiger partial charge in [-0.15, -0.1) is 0 Å². The maximum Gasteiger partial charge on any atom is 0.223 e. The summed E-state index contributed by atoms with van der Waals surface area (Å²) >= 11 is 0. The summed E-state index contributed by atoms with van der Waals surface area (Å²) in [5.74, 6) is 0.302. The minimum atomic E-state index is 0.0313. The first-order valence-corrected chi connectivity index (χ1v) is 7.24. The lowest BCUT2D eigenvalue weighted by atomic mass is 9.97. The summed E-state index contributed by atoms with van der Waals surface area (Å²) in [4.78, 5) is 12.2. The van der Waals surface area contributed by atoms with Gasteiger partial charge in [-0.25, -0.2) is 0 Å². The third-order valence-electron chi connectivity index (χ3n) is 3.56. The molecule has 1 amide bonds. The van der Waals surface area contributed by atoms with Crippen LogP contribution in [0, 0.1) is 5.92 Å². The molecule has 0 saturated heterocycles. The van der Waals surface area contributed by atoms with E-state index in [0.29, 0.717) is 0 Å². The molecule has 0 aliphatic heterocycles. The minimum Gasteiger partial charge on any atom is -0.399 e. The number of amides is 1. The Labute approximate surface area is 116 Å². The van der Waals surface area contributed by atoms with Gasteiger partial charge >= 0.3 is 0 Å². The third kappa shape index (κ3) is 4.93. The van der Waals surface area contributed by atoms with Crippen molar-refractivity contribution in [3.63, 3.8) is 0 Å². The topological polar surface area (TPSA) is 55.1 Å². The minimum absolute atomic E-state index is 0.0313. The molecule has 3 N–H and O–H groups in total. The van der Waals surface area contributed by atoms with Gasteiger partial charge in [0.2, 0.25) is 5.91 Å². The lowest BCUT2D eigenvalue weighted by Crippen LogP contribution is -2.32. The van der Waals surface area contributed by atoms with E-state index in [-0.39, 0.29) is 17.9 Å². The first-order chi connectivity index (χ1) is 9.08. The molecule has 0 heterocycles. The molecule has 0 spiro atoms. The van der Waals surface area contributed by atoms with Gasteiger partial charge in [0.15, 0.2) is 0 Å². The number of rotatable bonds is 7. The Hall–Kier alpha value is -1.51. The second-order valence-electron chi connectivity index (χ2n) is 5.14. The first-order valence-electron chi connectivity index (χ1n) is 7.24. The van der Waals surface area contributed by atoms with Gasteiger partial charge < -0.3 is 11.1 Å². The first kappa shape index (κ1) is 15.5. The number of hydrogen-bond acceptors (Lipinski definition) is 2. The molecule has 0 aromatic heterocycles. The van der Waals surface area contributed by atoms with Crippen molar-refractivity contribution in [2.75, 3.05) is 5.73 Å². The number of benzene rings is 1. The van der Waals surface area contributed by atoms with Crippen LogP contribution in [0.5, 0.6) is 0 Å². The number of carbonyl (C=O) groups excluding carboxylic acids is 1. The zero-order chi connectivity index (χ0) is 14.3. The molecule has 0 bridgehead atoms. The number of nitrogens with one attached hydrogen (secondary N) is 1. The normalized spacial score (nSPS) is 13.8. The molecular weight excluding hydrogens is 236 g/mol. The highest BCUT2D eigenvalue weighted by molar-refractivity contribution is 5.79. The monoisotopic (exact) mass is 262 g/mol. The fourth-order valence-electron chi connectivity index (χ4n) is 2.17. The average molecular weight is 262 g/mol. The second-order valence-corrected chi connectivity index (χ2v) is 5.14. The van der Waals surface area contributed by atoms with Crippen molar-refractivity contribution >= 4 is 11.6 Å². The van der Waals surface area contributed by atoms with E-state index < -0.39 is 0 Å². The maximum atomic E-state index is 12.2. The predicted octanol–water partition coefficient (Wildman–Crippen LogP) is 3.66. The number of hydrogen-bond donors (Lipinski definition) is 2. The zero-order valence-corrected chi connectivity index (χ0v) is 12.3. The van der Waals surface area contributed by atoms with Crippen LogP contribution in [0.2, 0.25) is 0 Å². The molecule has 0 radical (unpaired) electrons. The van der Waals surface area contributed by atoms with E-state index in [0.717, 1.165) is 36.9 Å². The van der Waals surface area contributed by atoms with E-state index in [1.807, 2.05) is 31.2 Å². The van der Waals surface area contributed by atoms with Gasteiger partial charge in [-0.3, -0.25) is 4.79 Å². The Morgan fingerprint density at radius 2 is 1.89 bits per heavy atom. The van der Waals surface area contributed by atoms with Gasteiger partial charge in [0.1, 0.15) is 0 Å². The van der Waals surface area contributed by atoms with Crippen molar-refractivity contribution in [3.8, 4) is 0 Å². The largest absolute Gasteiger partial charge is 0.399 e. The Morgan fingerprint density at radius 1 is 1.26 bits per heavy atom. The van der Waals surface area contributed by atoms with Crippen LogP contribution in [0.15, 0.2) is 24.3 Å². The molecule has 106 valence electrons. The van der Waals surface area contributed by atoms with Crippen LogP contribution in [-0.4, -0.2) is 5.91 Å². The molecular formula is C16H26N2O. The molecule has 19 heavy (non-hydrogen) atoms. The van der Waals surface area contributed by atoms with Crippen molar-refractivity contribution in [1.82, 2.24) is 5.32 Å².